The Morgan fingerprint density at radius 2 is 2.10 bits per heavy atom. The molecule has 1 heterocycles. The van der Waals surface area contributed by atoms with Crippen LogP contribution in [0.15, 0.2) is 16.3 Å². The van der Waals surface area contributed by atoms with Crippen molar-refractivity contribution in [3.05, 3.63) is 16.3 Å². The lowest BCUT2D eigenvalue weighted by Crippen LogP contribution is -2.31. The molecular formula is C10H15ClF2N2O3S2. The Balaban J connectivity index is 0.00000361. The van der Waals surface area contributed by atoms with Crippen LogP contribution in [0, 0.1) is 5.92 Å². The molecule has 0 aliphatic rings. The lowest BCUT2D eigenvalue weighted by atomic mass is 10.2. The van der Waals surface area contributed by atoms with Gasteiger partial charge in [-0.05, 0) is 23.9 Å². The number of thiophene rings is 1. The summed E-state index contributed by atoms with van der Waals surface area (Å²) in [6, 6.07) is 1.01. The molecule has 5 nitrogen and oxygen atoms in total. The molecule has 0 radical (unpaired) electrons. The van der Waals surface area contributed by atoms with Gasteiger partial charge in [-0.25, -0.2) is 8.42 Å². The van der Waals surface area contributed by atoms with Gasteiger partial charge in [0, 0.05) is 6.54 Å². The van der Waals surface area contributed by atoms with Crippen molar-refractivity contribution in [2.45, 2.75) is 17.6 Å². The molecule has 1 atom stereocenters. The molecule has 116 valence electrons. The van der Waals surface area contributed by atoms with E-state index in [2.05, 4.69) is 5.32 Å². The molecule has 1 amide bonds. The Kier molecular flexibility index (Phi) is 7.56. The zero-order valence-corrected chi connectivity index (χ0v) is 13.0. The molecule has 0 spiro atoms. The molecule has 0 aliphatic heterocycles. The zero-order valence-electron chi connectivity index (χ0n) is 10.5. The van der Waals surface area contributed by atoms with Crippen LogP contribution in [-0.2, 0) is 9.84 Å². The summed E-state index contributed by atoms with van der Waals surface area (Å²) >= 11 is 0.805. The predicted octanol–water partition coefficient (Wildman–Crippen LogP) is 1.49. The largest absolute Gasteiger partial charge is 0.351 e. The van der Waals surface area contributed by atoms with Crippen LogP contribution in [0.3, 0.4) is 0 Å². The Hall–Kier alpha value is -0.770. The normalized spacial score (nSPS) is 12.8. The van der Waals surface area contributed by atoms with Crippen molar-refractivity contribution in [2.75, 3.05) is 13.1 Å². The van der Waals surface area contributed by atoms with Gasteiger partial charge in [-0.3, -0.25) is 4.79 Å². The van der Waals surface area contributed by atoms with Crippen LogP contribution in [-0.4, -0.2) is 33.2 Å². The number of nitrogens with two attached hydrogens (primary N) is 1. The van der Waals surface area contributed by atoms with Gasteiger partial charge in [0.1, 0.15) is 4.88 Å². The van der Waals surface area contributed by atoms with Gasteiger partial charge in [0.15, 0.2) is 0 Å². The maximum absolute atomic E-state index is 12.5. The second-order valence-corrected chi connectivity index (χ2v) is 6.77. The fraction of sp³-hybridized carbons (Fsp3) is 0.500. The third-order valence-electron chi connectivity index (χ3n) is 2.39. The van der Waals surface area contributed by atoms with Crippen LogP contribution in [0.25, 0.3) is 0 Å². The average Bonchev–Trinajstić information content (AvgIpc) is 2.84. The quantitative estimate of drug-likeness (QED) is 0.815. The van der Waals surface area contributed by atoms with E-state index in [1.807, 2.05) is 0 Å². The number of halogens is 3. The Morgan fingerprint density at radius 3 is 2.60 bits per heavy atom. The van der Waals surface area contributed by atoms with Crippen molar-refractivity contribution >= 4 is 39.5 Å². The third kappa shape index (κ3) is 4.37. The van der Waals surface area contributed by atoms with Gasteiger partial charge in [0.25, 0.3) is 5.91 Å². The topological polar surface area (TPSA) is 89.3 Å². The first-order valence-corrected chi connectivity index (χ1v) is 7.81. The van der Waals surface area contributed by atoms with E-state index in [1.165, 1.54) is 5.38 Å². The van der Waals surface area contributed by atoms with Gasteiger partial charge >= 0.3 is 5.76 Å². The van der Waals surface area contributed by atoms with Gasteiger partial charge in [-0.15, -0.1) is 23.7 Å². The Morgan fingerprint density at radius 1 is 1.50 bits per heavy atom. The number of amides is 1. The molecule has 0 saturated heterocycles. The molecule has 20 heavy (non-hydrogen) atoms. The number of carbonyl (C=O) groups is 1. The summed E-state index contributed by atoms with van der Waals surface area (Å²) in [7, 11) is -4.76. The first-order chi connectivity index (χ1) is 8.80. The zero-order chi connectivity index (χ0) is 14.6. The molecule has 1 aromatic rings. The van der Waals surface area contributed by atoms with Crippen molar-refractivity contribution in [2.24, 2.45) is 11.7 Å². The van der Waals surface area contributed by atoms with Crippen LogP contribution in [0.1, 0.15) is 16.6 Å². The van der Waals surface area contributed by atoms with E-state index in [1.54, 1.807) is 6.92 Å². The van der Waals surface area contributed by atoms with Gasteiger partial charge in [-0.1, -0.05) is 6.92 Å². The second kappa shape index (κ2) is 7.87. The lowest BCUT2D eigenvalue weighted by molar-refractivity contribution is 0.0949. The Labute approximate surface area is 125 Å². The first-order valence-electron chi connectivity index (χ1n) is 5.38. The van der Waals surface area contributed by atoms with Crippen LogP contribution in [0.2, 0.25) is 0 Å². The molecule has 0 saturated carbocycles. The smallest absolute Gasteiger partial charge is 0.341 e. The van der Waals surface area contributed by atoms with Crippen molar-refractivity contribution in [3.8, 4) is 0 Å². The monoisotopic (exact) mass is 348 g/mol. The van der Waals surface area contributed by atoms with Gasteiger partial charge in [-0.2, -0.15) is 8.78 Å². The standard InChI is InChI=1S/C10H14F2N2O3S2.ClH/c1-6(4-13)5-14-9(15)8-7(2-3-18-8)19(16,17)10(11)12;/h2-3,6,10H,4-5,13H2,1H3,(H,14,15);1H. The molecule has 1 aromatic heterocycles. The van der Waals surface area contributed by atoms with Crippen LogP contribution in [0.5, 0.6) is 0 Å². The number of nitrogens with one attached hydrogen (secondary N) is 1. The molecule has 10 heteroatoms. The van der Waals surface area contributed by atoms with E-state index in [-0.39, 0.29) is 29.7 Å². The first kappa shape index (κ1) is 19.2. The minimum Gasteiger partial charge on any atom is -0.351 e. The minimum atomic E-state index is -4.76. The number of alkyl halides is 2. The summed E-state index contributed by atoms with van der Waals surface area (Å²) < 4.78 is 47.7. The van der Waals surface area contributed by atoms with Crippen molar-refractivity contribution in [1.82, 2.24) is 5.32 Å². The summed E-state index contributed by atoms with van der Waals surface area (Å²) in [5, 5.41) is 3.76. The van der Waals surface area contributed by atoms with Crippen molar-refractivity contribution in [1.29, 1.82) is 0 Å². The van der Waals surface area contributed by atoms with Gasteiger partial charge in [0.05, 0.1) is 4.90 Å². The summed E-state index contributed by atoms with van der Waals surface area (Å²) in [4.78, 5) is 10.9. The molecule has 0 aromatic carbocycles. The number of hydrogen-bond acceptors (Lipinski definition) is 5. The molecule has 3 N–H and O–H groups in total. The van der Waals surface area contributed by atoms with Crippen molar-refractivity contribution < 1.29 is 22.0 Å². The highest BCUT2D eigenvalue weighted by atomic mass is 35.5. The van der Waals surface area contributed by atoms with Crippen LogP contribution in [0.4, 0.5) is 8.78 Å². The van der Waals surface area contributed by atoms with Crippen LogP contribution < -0.4 is 11.1 Å². The number of sulfone groups is 1. The van der Waals surface area contributed by atoms with E-state index >= 15 is 0 Å². The predicted molar refractivity (Wildman–Crippen MR) is 75.3 cm³/mol. The average molecular weight is 349 g/mol. The maximum atomic E-state index is 12.5. The van der Waals surface area contributed by atoms with Crippen molar-refractivity contribution in [3.63, 3.8) is 0 Å². The summed E-state index contributed by atoms with van der Waals surface area (Å²) in [6.07, 6.45) is 0. The van der Waals surface area contributed by atoms with Crippen LogP contribution >= 0.6 is 23.7 Å². The number of rotatable bonds is 6. The SMILES string of the molecule is CC(CN)CNC(=O)c1sccc1S(=O)(=O)C(F)F.Cl. The molecule has 0 fully saturated rings. The summed E-state index contributed by atoms with van der Waals surface area (Å²) in [6.45, 7) is 2.40. The van der Waals surface area contributed by atoms with E-state index in [0.29, 0.717) is 6.54 Å². The second-order valence-electron chi connectivity index (χ2n) is 3.97. The van der Waals surface area contributed by atoms with E-state index in [0.717, 1.165) is 17.4 Å². The molecule has 0 aliphatic carbocycles. The third-order valence-corrected chi connectivity index (χ3v) is 4.85. The summed E-state index contributed by atoms with van der Waals surface area (Å²) in [5.41, 5.74) is 5.37. The highest BCUT2D eigenvalue weighted by Gasteiger charge is 2.32. The fourth-order valence-electron chi connectivity index (χ4n) is 1.21. The fourth-order valence-corrected chi connectivity index (χ4v) is 3.30. The molecule has 1 unspecified atom stereocenters. The molecular weight excluding hydrogens is 334 g/mol. The lowest BCUT2D eigenvalue weighted by Gasteiger charge is -2.10. The highest BCUT2D eigenvalue weighted by molar-refractivity contribution is 7.92. The highest BCUT2D eigenvalue weighted by Crippen LogP contribution is 2.26. The van der Waals surface area contributed by atoms with Gasteiger partial charge < -0.3 is 11.1 Å². The molecule has 0 bridgehead atoms. The minimum absolute atomic E-state index is 0. The van der Waals surface area contributed by atoms with E-state index in [9.17, 15) is 22.0 Å². The summed E-state index contributed by atoms with van der Waals surface area (Å²) in [5.74, 6) is -4.22. The Bertz CT molecular complexity index is 548. The van der Waals surface area contributed by atoms with E-state index < -0.39 is 26.4 Å². The number of hydrogen-bond donors (Lipinski definition) is 2. The van der Waals surface area contributed by atoms with Gasteiger partial charge in [0.2, 0.25) is 9.84 Å². The van der Waals surface area contributed by atoms with E-state index in [4.69, 9.17) is 5.73 Å². The molecule has 1 rings (SSSR count). The number of carbonyl (C=O) groups excluding carboxylic acids is 1. The maximum Gasteiger partial charge on any atom is 0.341 e.